The molecule has 14 nitrogen and oxygen atoms in total. The number of ether oxygens (including phenoxy) is 9. The first-order chi connectivity index (χ1) is 23.4. The van der Waals surface area contributed by atoms with Gasteiger partial charge in [-0.3, -0.25) is 8.98 Å². The Morgan fingerprint density at radius 3 is 1.23 bits per heavy atom. The molecule has 0 spiro atoms. The highest BCUT2D eigenvalue weighted by atomic mass is 32.2. The lowest BCUT2D eigenvalue weighted by Crippen LogP contribution is -2.20. The number of esters is 1. The third-order valence-corrected chi connectivity index (χ3v) is 7.39. The topological polar surface area (TPSA) is 161 Å². The van der Waals surface area contributed by atoms with E-state index in [0.717, 1.165) is 5.56 Å². The number of Topliss-reactive ketones (excluding diaryl/α,β-unsaturated/α-hetero) is 1. The summed E-state index contributed by atoms with van der Waals surface area (Å²) >= 11 is 0. The number of carbonyl (C=O) groups excluding carboxylic acids is 2. The Hall–Kier alpha value is -2.83. The summed E-state index contributed by atoms with van der Waals surface area (Å²) in [6.07, 6.45) is 0. The van der Waals surface area contributed by atoms with Gasteiger partial charge in [0.1, 0.15) is 6.61 Å². The fourth-order valence-corrected chi connectivity index (χ4v) is 4.48. The molecule has 0 radical (unpaired) electrons. The van der Waals surface area contributed by atoms with Crippen LogP contribution in [0.1, 0.15) is 15.9 Å². The van der Waals surface area contributed by atoms with Gasteiger partial charge in [0, 0.05) is 5.56 Å². The molecule has 0 aromatic heterocycles. The van der Waals surface area contributed by atoms with Crippen molar-refractivity contribution in [1.29, 1.82) is 0 Å². The Balaban J connectivity index is 1.21. The van der Waals surface area contributed by atoms with Crippen LogP contribution in [0.25, 0.3) is 0 Å². The van der Waals surface area contributed by atoms with Crippen molar-refractivity contribution >= 4 is 21.9 Å². The highest BCUT2D eigenvalue weighted by molar-refractivity contribution is 7.86. The van der Waals surface area contributed by atoms with Crippen LogP contribution in [0.3, 0.4) is 0 Å². The van der Waals surface area contributed by atoms with Crippen molar-refractivity contribution in [2.24, 2.45) is 0 Å². The van der Waals surface area contributed by atoms with Crippen molar-refractivity contribution in [3.63, 3.8) is 0 Å². The minimum atomic E-state index is -3.78. The third kappa shape index (κ3) is 20.5. The lowest BCUT2D eigenvalue weighted by molar-refractivity contribution is -0.139. The Labute approximate surface area is 282 Å². The standard InChI is InChI=1S/C33H48O14S/c1-29-7-9-31(10-8-29)48(36,37)47-28-26-45-24-22-43-20-18-41-16-14-39-12-11-38-13-15-40-17-19-42-21-23-44-25-27-46-33(35)32(34)30-5-3-2-4-6-30/h2-10H,11-28H2,1H3. The molecule has 0 aliphatic heterocycles. The number of rotatable bonds is 31. The number of hydrogen-bond acceptors (Lipinski definition) is 14. The highest BCUT2D eigenvalue weighted by Gasteiger charge is 2.17. The second-order valence-electron chi connectivity index (χ2n) is 9.82. The summed E-state index contributed by atoms with van der Waals surface area (Å²) in [5, 5.41) is 0. The number of aryl methyl sites for hydroxylation is 1. The summed E-state index contributed by atoms with van der Waals surface area (Å²) in [7, 11) is -3.78. The van der Waals surface area contributed by atoms with Crippen LogP contribution in [0.15, 0.2) is 59.5 Å². The lowest BCUT2D eigenvalue weighted by Gasteiger charge is -2.09. The Morgan fingerprint density at radius 2 is 0.833 bits per heavy atom. The van der Waals surface area contributed by atoms with Crippen LogP contribution in [-0.4, -0.2) is 139 Å². The number of carbonyl (C=O) groups is 2. The SMILES string of the molecule is Cc1ccc(S(=O)(=O)OCCOCCOCCOCCOCCOCCOCCOCCOCCOC(=O)C(=O)c2ccccc2)cc1. The average Bonchev–Trinajstić information content (AvgIpc) is 3.09. The maximum Gasteiger partial charge on any atom is 0.379 e. The Kier molecular flexibility index (Phi) is 23.3. The van der Waals surface area contributed by atoms with E-state index >= 15 is 0 Å². The van der Waals surface area contributed by atoms with E-state index in [4.69, 9.17) is 46.8 Å². The molecular formula is C33H48O14S. The van der Waals surface area contributed by atoms with Gasteiger partial charge in [-0.05, 0) is 19.1 Å². The van der Waals surface area contributed by atoms with Gasteiger partial charge in [0.25, 0.3) is 15.9 Å². The van der Waals surface area contributed by atoms with E-state index in [-0.39, 0.29) is 36.9 Å². The number of ketones is 1. The zero-order valence-corrected chi connectivity index (χ0v) is 28.4. The fraction of sp³-hybridized carbons (Fsp3) is 0.576. The van der Waals surface area contributed by atoms with Gasteiger partial charge < -0.3 is 42.6 Å². The molecule has 270 valence electrons. The lowest BCUT2D eigenvalue weighted by atomic mass is 10.1. The molecule has 0 amide bonds. The Morgan fingerprint density at radius 1 is 0.479 bits per heavy atom. The van der Waals surface area contributed by atoms with E-state index in [1.165, 1.54) is 12.1 Å². The molecular weight excluding hydrogens is 652 g/mol. The predicted molar refractivity (Wildman–Crippen MR) is 173 cm³/mol. The maximum atomic E-state index is 12.1. The molecule has 0 fully saturated rings. The summed E-state index contributed by atoms with van der Waals surface area (Å²) in [4.78, 5) is 23.7. The monoisotopic (exact) mass is 700 g/mol. The maximum absolute atomic E-state index is 12.1. The van der Waals surface area contributed by atoms with E-state index in [9.17, 15) is 18.0 Å². The molecule has 0 saturated heterocycles. The van der Waals surface area contributed by atoms with Crippen molar-refractivity contribution in [2.45, 2.75) is 11.8 Å². The van der Waals surface area contributed by atoms with Gasteiger partial charge in [0.15, 0.2) is 0 Å². The van der Waals surface area contributed by atoms with Gasteiger partial charge in [0.2, 0.25) is 0 Å². The molecule has 2 aromatic carbocycles. The van der Waals surface area contributed by atoms with E-state index in [2.05, 4.69) is 0 Å². The van der Waals surface area contributed by atoms with Crippen LogP contribution in [0.2, 0.25) is 0 Å². The Bertz CT molecular complexity index is 1210. The second kappa shape index (κ2) is 27.0. The first-order valence-corrected chi connectivity index (χ1v) is 17.2. The van der Waals surface area contributed by atoms with Crippen molar-refractivity contribution in [3.8, 4) is 0 Å². The van der Waals surface area contributed by atoms with Crippen molar-refractivity contribution in [2.75, 3.05) is 119 Å². The van der Waals surface area contributed by atoms with Crippen molar-refractivity contribution in [1.82, 2.24) is 0 Å². The first kappa shape index (κ1) is 41.3. The van der Waals surface area contributed by atoms with Gasteiger partial charge in [-0.25, -0.2) is 4.79 Å². The number of hydrogen-bond donors (Lipinski definition) is 0. The van der Waals surface area contributed by atoms with E-state index in [1.54, 1.807) is 42.5 Å². The third-order valence-electron chi connectivity index (χ3n) is 6.06. The van der Waals surface area contributed by atoms with Crippen molar-refractivity contribution in [3.05, 3.63) is 65.7 Å². The minimum Gasteiger partial charge on any atom is -0.457 e. The molecule has 2 rings (SSSR count). The molecule has 0 aliphatic rings. The molecule has 0 aliphatic carbocycles. The smallest absolute Gasteiger partial charge is 0.379 e. The molecule has 15 heteroatoms. The summed E-state index contributed by atoms with van der Waals surface area (Å²) < 4.78 is 77.2. The van der Waals surface area contributed by atoms with Crippen LogP contribution in [0, 0.1) is 6.92 Å². The number of benzene rings is 2. The van der Waals surface area contributed by atoms with E-state index in [1.807, 2.05) is 6.92 Å². The van der Waals surface area contributed by atoms with Crippen LogP contribution in [0.4, 0.5) is 0 Å². The molecule has 0 unspecified atom stereocenters. The van der Waals surface area contributed by atoms with Gasteiger partial charge in [-0.1, -0.05) is 48.0 Å². The molecule has 0 bridgehead atoms. The summed E-state index contributed by atoms with van der Waals surface area (Å²) in [5.41, 5.74) is 1.26. The van der Waals surface area contributed by atoms with Crippen LogP contribution in [-0.2, 0) is 61.7 Å². The van der Waals surface area contributed by atoms with Gasteiger partial charge in [-0.15, -0.1) is 0 Å². The molecule has 2 aromatic rings. The van der Waals surface area contributed by atoms with Crippen LogP contribution in [0.5, 0.6) is 0 Å². The molecule has 0 saturated carbocycles. The van der Waals surface area contributed by atoms with E-state index < -0.39 is 21.9 Å². The second-order valence-corrected chi connectivity index (χ2v) is 11.4. The largest absolute Gasteiger partial charge is 0.457 e. The van der Waals surface area contributed by atoms with Crippen LogP contribution >= 0.6 is 0 Å². The van der Waals surface area contributed by atoms with Crippen molar-refractivity contribution < 1.29 is 64.8 Å². The zero-order chi connectivity index (χ0) is 34.5. The van der Waals surface area contributed by atoms with Gasteiger partial charge in [0.05, 0.1) is 117 Å². The summed E-state index contributed by atoms with van der Waals surface area (Å²) in [5.74, 6) is -1.59. The molecule has 0 heterocycles. The quantitative estimate of drug-likeness (QED) is 0.0370. The minimum absolute atomic E-state index is 0.0128. The van der Waals surface area contributed by atoms with E-state index in [0.29, 0.717) is 92.5 Å². The van der Waals surface area contributed by atoms with Crippen LogP contribution < -0.4 is 0 Å². The predicted octanol–water partition coefficient (Wildman–Crippen LogP) is 2.26. The summed E-state index contributed by atoms with van der Waals surface area (Å²) in [6.45, 7) is 7.75. The van der Waals surface area contributed by atoms with Gasteiger partial charge >= 0.3 is 5.97 Å². The molecule has 0 atom stereocenters. The highest BCUT2D eigenvalue weighted by Crippen LogP contribution is 2.13. The first-order valence-electron chi connectivity index (χ1n) is 15.7. The molecule has 0 N–H and O–H groups in total. The fourth-order valence-electron chi connectivity index (χ4n) is 3.58. The normalized spacial score (nSPS) is 11.5. The summed E-state index contributed by atoms with van der Waals surface area (Å²) in [6, 6.07) is 14.7. The zero-order valence-electron chi connectivity index (χ0n) is 27.5. The van der Waals surface area contributed by atoms with Gasteiger partial charge in [-0.2, -0.15) is 8.42 Å². The average molecular weight is 701 g/mol. The molecule has 48 heavy (non-hydrogen) atoms.